The molecule has 2 heterocycles. The molecule has 2 aromatic carbocycles. The van der Waals surface area contributed by atoms with Crippen LogP contribution in [0.15, 0.2) is 48.5 Å². The van der Waals surface area contributed by atoms with Gasteiger partial charge in [-0.25, -0.2) is 0 Å². The van der Waals surface area contributed by atoms with E-state index >= 15 is 0 Å². The number of ketones is 1. The van der Waals surface area contributed by atoms with Crippen LogP contribution in [-0.2, 0) is 25.7 Å². The van der Waals surface area contributed by atoms with Crippen LogP contribution in [0.3, 0.4) is 0 Å². The third-order valence-electron chi connectivity index (χ3n) is 7.62. The molecule has 0 radical (unpaired) electrons. The molecule has 0 spiro atoms. The number of hydrogen-bond acceptors (Lipinski definition) is 9. The number of benzene rings is 2. The summed E-state index contributed by atoms with van der Waals surface area (Å²) in [6.07, 6.45) is 0. The smallest absolute Gasteiger partial charge is 0.267 e. The second kappa shape index (κ2) is 10.5. The molecule has 0 aromatic heterocycles. The number of carbonyl (C=O) groups is 1. The lowest BCUT2D eigenvalue weighted by molar-refractivity contribution is 0.0841. The number of Topliss-reactive ketones (excluding diaryl/α,β-unsaturated/α-hetero) is 1. The van der Waals surface area contributed by atoms with Crippen molar-refractivity contribution >= 4 is 31.7 Å². The summed E-state index contributed by atoms with van der Waals surface area (Å²) in [6, 6.07) is 12.6. The van der Waals surface area contributed by atoms with Gasteiger partial charge in [0.15, 0.2) is 5.78 Å². The lowest BCUT2D eigenvalue weighted by Gasteiger charge is -2.47. The quantitative estimate of drug-likeness (QED) is 0.279. The molecule has 1 saturated heterocycles. The summed E-state index contributed by atoms with van der Waals surface area (Å²) >= 11 is 0. The largest absolute Gasteiger partial charge is 0.497 e. The average Bonchev–Trinajstić information content (AvgIpc) is 3.05. The monoisotopic (exact) mass is 567 g/mol. The maximum absolute atomic E-state index is 14.4. The van der Waals surface area contributed by atoms with Crippen LogP contribution in [0, 0.1) is 0 Å². The third kappa shape index (κ3) is 5.44. The Morgan fingerprint density at radius 1 is 0.947 bits per heavy atom. The zero-order chi connectivity index (χ0) is 27.8. The lowest BCUT2D eigenvalue weighted by Crippen LogP contribution is -2.66. The van der Waals surface area contributed by atoms with Crippen molar-refractivity contribution in [3.8, 4) is 5.75 Å². The minimum atomic E-state index is -4.83. The Bertz CT molecular complexity index is 1390. The molecule has 11 nitrogen and oxygen atoms in total. The van der Waals surface area contributed by atoms with Crippen molar-refractivity contribution in [2.45, 2.75) is 17.9 Å². The first-order valence-corrected chi connectivity index (χ1v) is 15.4. The molecule has 2 aliphatic rings. The number of piperazine rings is 1. The second-order valence-electron chi connectivity index (χ2n) is 9.95. The number of ether oxygens (including phenoxy) is 1. The van der Waals surface area contributed by atoms with E-state index in [1.165, 1.54) is 38.3 Å². The number of methoxy groups -OCH3 is 1. The number of fused-ring (bicyclic) bond motifs is 1. The Labute approximate surface area is 223 Å². The minimum Gasteiger partial charge on any atom is -0.497 e. The zero-order valence-corrected chi connectivity index (χ0v) is 23.0. The van der Waals surface area contributed by atoms with E-state index in [1.54, 1.807) is 29.2 Å². The van der Waals surface area contributed by atoms with Crippen molar-refractivity contribution in [2.24, 2.45) is 0 Å². The van der Waals surface area contributed by atoms with Gasteiger partial charge in [0.1, 0.15) is 11.2 Å². The van der Waals surface area contributed by atoms with Crippen LogP contribution >= 0.6 is 0 Å². The highest BCUT2D eigenvalue weighted by atomic mass is 32.2. The van der Waals surface area contributed by atoms with Crippen molar-refractivity contribution in [3.63, 3.8) is 0 Å². The number of para-hydroxylation sites is 1. The fourth-order valence-electron chi connectivity index (χ4n) is 5.88. The number of rotatable bonds is 10. The van der Waals surface area contributed by atoms with Crippen molar-refractivity contribution in [3.05, 3.63) is 59.7 Å². The fourth-order valence-corrected chi connectivity index (χ4v) is 8.14. The van der Waals surface area contributed by atoms with Gasteiger partial charge in [-0.15, -0.1) is 0 Å². The molecule has 2 aliphatic heterocycles. The Balaban J connectivity index is 1.94. The summed E-state index contributed by atoms with van der Waals surface area (Å²) in [4.78, 5) is 18.3. The predicted molar refractivity (Wildman–Crippen MR) is 143 cm³/mol. The molecule has 4 rings (SSSR count). The van der Waals surface area contributed by atoms with Crippen LogP contribution in [0.2, 0.25) is 0 Å². The van der Waals surface area contributed by atoms with Crippen molar-refractivity contribution in [2.75, 3.05) is 62.8 Å². The van der Waals surface area contributed by atoms with E-state index in [9.17, 15) is 30.7 Å². The highest BCUT2D eigenvalue weighted by Gasteiger charge is 2.66. The number of carbonyl (C=O) groups excluding carboxylic acids is 1. The molecule has 208 valence electrons. The first-order chi connectivity index (χ1) is 17.8. The minimum absolute atomic E-state index is 0.106. The van der Waals surface area contributed by atoms with Crippen LogP contribution < -0.4 is 15.0 Å². The van der Waals surface area contributed by atoms with Gasteiger partial charge in [-0.2, -0.15) is 16.8 Å². The summed E-state index contributed by atoms with van der Waals surface area (Å²) in [5.41, 5.74) is -2.99. The Hall–Kier alpha value is -2.55. The van der Waals surface area contributed by atoms with Gasteiger partial charge in [-0.1, -0.05) is 18.2 Å². The van der Waals surface area contributed by atoms with Crippen LogP contribution in [0.1, 0.15) is 22.8 Å². The fraction of sp³-hybridized carbons (Fsp3) is 0.480. The number of nitrogens with one attached hydrogen (secondary N) is 1. The maximum atomic E-state index is 14.4. The third-order valence-corrected chi connectivity index (χ3v) is 9.35. The molecule has 1 fully saturated rings. The molecule has 2 atom stereocenters. The van der Waals surface area contributed by atoms with Gasteiger partial charge in [0.05, 0.1) is 24.2 Å². The molecule has 2 aromatic rings. The molecular formula is C25H33N3O8S2. The molecule has 0 bridgehead atoms. The number of nitrogens with zero attached hydrogens (tertiary/aromatic N) is 2. The molecule has 13 heteroatoms. The molecule has 0 amide bonds. The Kier molecular flexibility index (Phi) is 7.90. The van der Waals surface area contributed by atoms with Gasteiger partial charge in [0, 0.05) is 50.5 Å². The number of anilines is 1. The van der Waals surface area contributed by atoms with E-state index in [0.29, 0.717) is 18.0 Å². The van der Waals surface area contributed by atoms with Gasteiger partial charge < -0.3 is 15.0 Å². The average molecular weight is 568 g/mol. The lowest BCUT2D eigenvalue weighted by atomic mass is 9.66. The van der Waals surface area contributed by atoms with Crippen LogP contribution in [-0.4, -0.2) is 100 Å². The molecular weight excluding hydrogens is 534 g/mol. The van der Waals surface area contributed by atoms with Crippen LogP contribution in [0.25, 0.3) is 0 Å². The normalized spacial score (nSPS) is 24.3. The van der Waals surface area contributed by atoms with Crippen LogP contribution in [0.5, 0.6) is 5.75 Å². The van der Waals surface area contributed by atoms with Crippen molar-refractivity contribution < 1.29 is 35.5 Å². The van der Waals surface area contributed by atoms with Crippen LogP contribution in [0.4, 0.5) is 5.69 Å². The molecule has 0 aliphatic carbocycles. The van der Waals surface area contributed by atoms with Crippen molar-refractivity contribution in [1.82, 2.24) is 10.2 Å². The highest BCUT2D eigenvalue weighted by Crippen LogP contribution is 2.54. The summed E-state index contributed by atoms with van der Waals surface area (Å²) in [5.74, 6) is -2.23. The van der Waals surface area contributed by atoms with Crippen molar-refractivity contribution in [1.29, 1.82) is 0 Å². The number of hydrogen-bond donors (Lipinski definition) is 3. The van der Waals surface area contributed by atoms with Gasteiger partial charge >= 0.3 is 0 Å². The van der Waals surface area contributed by atoms with Gasteiger partial charge in [0.25, 0.3) is 20.2 Å². The Morgan fingerprint density at radius 3 is 2.13 bits per heavy atom. The predicted octanol–water partition coefficient (Wildman–Crippen LogP) is 1.08. The summed E-state index contributed by atoms with van der Waals surface area (Å²) in [5, 5.41) is 3.27. The second-order valence-corrected chi connectivity index (χ2v) is 12.9. The standard InChI is InChI=1S/C25H33N3O8S2/c1-24(17-37(30,31)32)25(18-38(33,34)35,23(29)19-7-9-20(36-2)10-8-19)21-5-3-4-6-22(21)28(24)16-15-27-13-11-26-12-14-27/h3-10,26H,11-18H2,1-2H3,(H,30,31,32)(H,33,34,35). The highest BCUT2D eigenvalue weighted by molar-refractivity contribution is 7.86. The molecule has 3 N–H and O–H groups in total. The Morgan fingerprint density at radius 2 is 1.55 bits per heavy atom. The molecule has 0 saturated carbocycles. The van der Waals surface area contributed by atoms with Gasteiger partial charge in [0.2, 0.25) is 0 Å². The van der Waals surface area contributed by atoms with E-state index < -0.39 is 48.5 Å². The van der Waals surface area contributed by atoms with Gasteiger partial charge in [-0.3, -0.25) is 18.8 Å². The first kappa shape index (κ1) is 28.5. The molecule has 2 unspecified atom stereocenters. The first-order valence-electron chi connectivity index (χ1n) is 12.2. The summed E-state index contributed by atoms with van der Waals surface area (Å²) < 4.78 is 75.4. The van der Waals surface area contributed by atoms with E-state index in [2.05, 4.69) is 10.2 Å². The van der Waals surface area contributed by atoms with E-state index in [4.69, 9.17) is 4.74 Å². The van der Waals surface area contributed by atoms with Gasteiger partial charge in [-0.05, 0) is 42.8 Å². The molecule has 38 heavy (non-hydrogen) atoms. The summed E-state index contributed by atoms with van der Waals surface area (Å²) in [7, 11) is -8.09. The maximum Gasteiger partial charge on any atom is 0.267 e. The van der Waals surface area contributed by atoms with E-state index in [0.717, 1.165) is 26.2 Å². The topological polar surface area (TPSA) is 154 Å². The zero-order valence-electron chi connectivity index (χ0n) is 21.3. The van der Waals surface area contributed by atoms with E-state index in [-0.39, 0.29) is 17.7 Å². The SMILES string of the molecule is COc1ccc(C(=O)C2(CS(=O)(=O)O)c3ccccc3N(CCN3CCNCC3)C2(C)CS(=O)(=O)O)cc1. The van der Waals surface area contributed by atoms with E-state index in [1.807, 2.05) is 0 Å². The summed E-state index contributed by atoms with van der Waals surface area (Å²) in [6.45, 7) is 5.35.